The number of anilines is 1. The summed E-state index contributed by atoms with van der Waals surface area (Å²) in [5, 5.41) is 0. The summed E-state index contributed by atoms with van der Waals surface area (Å²) in [6.45, 7) is 2.93. The molecule has 0 radical (unpaired) electrons. The number of ether oxygens (including phenoxy) is 2. The average molecular weight is 419 g/mol. The second-order valence-electron chi connectivity index (χ2n) is 7.65. The second kappa shape index (κ2) is 7.79. The number of esters is 2. The van der Waals surface area contributed by atoms with Gasteiger partial charge in [0.1, 0.15) is 0 Å². The predicted molar refractivity (Wildman–Crippen MR) is 114 cm³/mol. The quantitative estimate of drug-likeness (QED) is 0.432. The van der Waals surface area contributed by atoms with E-state index >= 15 is 0 Å². The van der Waals surface area contributed by atoms with Crippen LogP contribution in [0.2, 0.25) is 0 Å². The van der Waals surface area contributed by atoms with Crippen LogP contribution in [0.25, 0.3) is 0 Å². The molecule has 1 amide bonds. The van der Waals surface area contributed by atoms with E-state index in [1.54, 1.807) is 7.05 Å². The number of cyclic esters (lactones) is 2. The Bertz CT molecular complexity index is 1090. The van der Waals surface area contributed by atoms with Crippen molar-refractivity contribution in [1.29, 1.82) is 0 Å². The minimum atomic E-state index is -1.35. The zero-order valence-electron chi connectivity index (χ0n) is 17.3. The van der Waals surface area contributed by atoms with Gasteiger partial charge in [-0.15, -0.1) is 0 Å². The Morgan fingerprint density at radius 3 is 2.26 bits per heavy atom. The first-order valence-corrected chi connectivity index (χ1v) is 9.76. The van der Waals surface area contributed by atoms with Crippen LogP contribution >= 0.6 is 0 Å². The maximum Gasteiger partial charge on any atom is 0.329 e. The third-order valence-electron chi connectivity index (χ3n) is 4.95. The number of benzodiazepines with no additional fused rings is 1. The Morgan fingerprint density at radius 1 is 0.968 bits per heavy atom. The predicted octanol–water partition coefficient (Wildman–Crippen LogP) is 2.35. The van der Waals surface area contributed by atoms with Gasteiger partial charge in [-0.2, -0.15) is 0 Å². The van der Waals surface area contributed by atoms with Gasteiger partial charge in [-0.3, -0.25) is 19.4 Å². The first-order chi connectivity index (χ1) is 14.8. The molecule has 1 fully saturated rings. The fraction of sp³-hybridized carbons (Fsp3) is 0.261. The molecular formula is C23H21N3O5. The monoisotopic (exact) mass is 419 g/mol. The fourth-order valence-electron chi connectivity index (χ4n) is 3.45. The molecule has 0 bridgehead atoms. The van der Waals surface area contributed by atoms with Crippen molar-refractivity contribution in [1.82, 2.24) is 0 Å². The highest BCUT2D eigenvalue weighted by molar-refractivity contribution is 6.20. The number of hydrogen-bond donors (Lipinski definition) is 0. The summed E-state index contributed by atoms with van der Waals surface area (Å²) in [6, 6.07) is 16.9. The maximum absolute atomic E-state index is 13.1. The summed E-state index contributed by atoms with van der Waals surface area (Å²) in [5.74, 6) is -4.65. The van der Waals surface area contributed by atoms with Crippen molar-refractivity contribution in [2.24, 2.45) is 15.9 Å². The van der Waals surface area contributed by atoms with E-state index in [4.69, 9.17) is 9.47 Å². The van der Waals surface area contributed by atoms with E-state index in [2.05, 4.69) is 9.98 Å². The molecule has 1 saturated heterocycles. The molecule has 2 aromatic rings. The first-order valence-electron chi connectivity index (χ1n) is 9.76. The average Bonchev–Trinajstić information content (AvgIpc) is 2.83. The van der Waals surface area contributed by atoms with Crippen molar-refractivity contribution in [2.75, 3.05) is 11.9 Å². The molecule has 0 aromatic heterocycles. The molecule has 2 aromatic carbocycles. The van der Waals surface area contributed by atoms with Gasteiger partial charge in [0.05, 0.1) is 11.4 Å². The van der Waals surface area contributed by atoms with Crippen molar-refractivity contribution in [2.45, 2.75) is 25.8 Å². The van der Waals surface area contributed by atoms with Gasteiger partial charge in [-0.1, -0.05) is 48.5 Å². The van der Waals surface area contributed by atoms with Crippen LogP contribution in [0.1, 0.15) is 25.0 Å². The standard InChI is InChI=1S/C23H21N3O5/c1-23(2)30-21(28)16(22(29)31-23)13-24-19-20(27)26(3)17-12-8-7-11-15(17)18(25-19)14-9-5-4-6-10-14/h4-13,16,19H,1-3H3. The number of benzene rings is 2. The van der Waals surface area contributed by atoms with Crippen LogP contribution in [-0.4, -0.2) is 48.8 Å². The number of carbonyl (C=O) groups excluding carboxylic acids is 3. The summed E-state index contributed by atoms with van der Waals surface area (Å²) in [6.07, 6.45) is -0.0959. The van der Waals surface area contributed by atoms with Crippen molar-refractivity contribution < 1.29 is 23.9 Å². The van der Waals surface area contributed by atoms with E-state index in [1.165, 1.54) is 18.7 Å². The van der Waals surface area contributed by atoms with Gasteiger partial charge in [-0.25, -0.2) is 4.99 Å². The first kappa shape index (κ1) is 20.5. The molecule has 8 heteroatoms. The SMILES string of the molecule is CN1C(=O)C(N=CC2C(=O)OC(C)(C)OC2=O)N=C(c2ccccc2)c2ccccc21. The number of carbonyl (C=O) groups is 3. The molecule has 0 aliphatic carbocycles. The van der Waals surface area contributed by atoms with Crippen molar-refractivity contribution in [3.05, 3.63) is 65.7 Å². The van der Waals surface area contributed by atoms with Crippen LogP contribution in [0.5, 0.6) is 0 Å². The van der Waals surface area contributed by atoms with Gasteiger partial charge in [0, 0.05) is 38.2 Å². The molecule has 0 N–H and O–H groups in total. The van der Waals surface area contributed by atoms with Gasteiger partial charge in [-0.05, 0) is 6.07 Å². The minimum absolute atomic E-state index is 0.396. The van der Waals surface area contributed by atoms with E-state index in [-0.39, 0.29) is 0 Å². The highest BCUT2D eigenvalue weighted by Gasteiger charge is 2.42. The van der Waals surface area contributed by atoms with Crippen LogP contribution in [0, 0.1) is 5.92 Å². The molecule has 2 aliphatic heterocycles. The van der Waals surface area contributed by atoms with Crippen LogP contribution in [0.4, 0.5) is 5.69 Å². The number of fused-ring (bicyclic) bond motifs is 1. The lowest BCUT2D eigenvalue weighted by Gasteiger charge is -2.31. The van der Waals surface area contributed by atoms with E-state index < -0.39 is 35.7 Å². The number of aliphatic imine (C=N–C) groups is 2. The molecule has 0 saturated carbocycles. The topological polar surface area (TPSA) is 97.6 Å². The largest absolute Gasteiger partial charge is 0.422 e. The third-order valence-corrected chi connectivity index (χ3v) is 4.95. The summed E-state index contributed by atoms with van der Waals surface area (Å²) in [7, 11) is 1.64. The molecule has 8 nitrogen and oxygen atoms in total. The Kier molecular flexibility index (Phi) is 5.14. The Balaban J connectivity index is 1.74. The molecule has 2 heterocycles. The smallest absolute Gasteiger partial charge is 0.329 e. The number of likely N-dealkylation sites (N-methyl/N-ethyl adjacent to an activating group) is 1. The molecule has 4 rings (SSSR count). The Hall–Kier alpha value is -3.81. The van der Waals surface area contributed by atoms with Crippen LogP contribution < -0.4 is 4.90 Å². The van der Waals surface area contributed by atoms with Gasteiger partial charge in [0.15, 0.2) is 5.92 Å². The summed E-state index contributed by atoms with van der Waals surface area (Å²) < 4.78 is 10.2. The zero-order valence-corrected chi connectivity index (χ0v) is 17.3. The van der Waals surface area contributed by atoms with Crippen molar-refractivity contribution >= 4 is 35.5 Å². The number of amides is 1. The summed E-state index contributed by atoms with van der Waals surface area (Å²) in [4.78, 5) is 47.8. The number of nitrogens with zero attached hydrogens (tertiary/aromatic N) is 3. The highest BCUT2D eigenvalue weighted by Crippen LogP contribution is 2.28. The molecule has 2 aliphatic rings. The fourth-order valence-corrected chi connectivity index (χ4v) is 3.45. The number of rotatable bonds is 3. The summed E-state index contributed by atoms with van der Waals surface area (Å²) >= 11 is 0. The van der Waals surface area contributed by atoms with E-state index in [1.807, 2.05) is 54.6 Å². The third kappa shape index (κ3) is 3.96. The molecule has 158 valence electrons. The van der Waals surface area contributed by atoms with Crippen LogP contribution in [-0.2, 0) is 23.9 Å². The molecule has 31 heavy (non-hydrogen) atoms. The lowest BCUT2D eigenvalue weighted by atomic mass is 10.0. The second-order valence-corrected chi connectivity index (χ2v) is 7.65. The van der Waals surface area contributed by atoms with Crippen LogP contribution in [0.3, 0.4) is 0 Å². The minimum Gasteiger partial charge on any atom is -0.422 e. The molecule has 0 spiro atoms. The van der Waals surface area contributed by atoms with E-state index in [0.717, 1.165) is 17.3 Å². The lowest BCUT2D eigenvalue weighted by Crippen LogP contribution is -2.47. The van der Waals surface area contributed by atoms with Crippen molar-refractivity contribution in [3.63, 3.8) is 0 Å². The van der Waals surface area contributed by atoms with E-state index in [0.29, 0.717) is 11.4 Å². The molecular weight excluding hydrogens is 398 g/mol. The molecule has 1 unspecified atom stereocenters. The number of hydrogen-bond acceptors (Lipinski definition) is 7. The van der Waals surface area contributed by atoms with Gasteiger partial charge < -0.3 is 14.4 Å². The van der Waals surface area contributed by atoms with Crippen LogP contribution in [0.15, 0.2) is 64.6 Å². The van der Waals surface area contributed by atoms with Gasteiger partial charge in [0.25, 0.3) is 11.7 Å². The Labute approximate surface area is 179 Å². The highest BCUT2D eigenvalue weighted by atomic mass is 16.7. The Morgan fingerprint density at radius 2 is 1.58 bits per heavy atom. The zero-order chi connectivity index (χ0) is 22.2. The lowest BCUT2D eigenvalue weighted by molar-refractivity contribution is -0.235. The normalized spacial score (nSPS) is 21.3. The molecule has 1 atom stereocenters. The number of para-hydroxylation sites is 1. The van der Waals surface area contributed by atoms with Gasteiger partial charge >= 0.3 is 11.9 Å². The summed E-state index contributed by atoms with van der Waals surface area (Å²) in [5.41, 5.74) is 2.87. The van der Waals surface area contributed by atoms with E-state index in [9.17, 15) is 14.4 Å². The maximum atomic E-state index is 13.1. The van der Waals surface area contributed by atoms with Crippen molar-refractivity contribution in [3.8, 4) is 0 Å². The van der Waals surface area contributed by atoms with Gasteiger partial charge in [0.2, 0.25) is 6.17 Å².